The molecule has 5 nitrogen and oxygen atoms in total. The molecule has 0 aromatic carbocycles. The summed E-state index contributed by atoms with van der Waals surface area (Å²) in [6.07, 6.45) is 3.15. The Balaban J connectivity index is 2.32. The van der Waals surface area contributed by atoms with Gasteiger partial charge in [-0.15, -0.1) is 0 Å². The third-order valence-corrected chi connectivity index (χ3v) is 4.05. The maximum atomic E-state index is 11.9. The van der Waals surface area contributed by atoms with Crippen LogP contribution in [0.5, 0.6) is 0 Å². The average Bonchev–Trinajstić information content (AvgIpc) is 2.44. The number of hydrogen-bond acceptors (Lipinski definition) is 3. The highest BCUT2D eigenvalue weighted by molar-refractivity contribution is 5.78. The summed E-state index contributed by atoms with van der Waals surface area (Å²) in [7, 11) is 0. The zero-order chi connectivity index (χ0) is 15.1. The Labute approximate surface area is 122 Å². The third-order valence-electron chi connectivity index (χ3n) is 4.05. The number of nitrogens with zero attached hydrogens (tertiary/aromatic N) is 1. The van der Waals surface area contributed by atoms with E-state index in [1.165, 1.54) is 0 Å². The van der Waals surface area contributed by atoms with Crippen molar-refractivity contribution >= 4 is 11.8 Å². The van der Waals surface area contributed by atoms with E-state index in [9.17, 15) is 9.59 Å². The maximum absolute atomic E-state index is 11.9. The second kappa shape index (κ2) is 8.25. The number of carbonyl (C=O) groups excluding carboxylic acids is 2. The Hall–Kier alpha value is -1.10. The first-order valence-electron chi connectivity index (χ1n) is 7.76. The van der Waals surface area contributed by atoms with Crippen LogP contribution in [-0.2, 0) is 9.59 Å². The molecule has 0 radical (unpaired) electrons. The molecule has 1 saturated heterocycles. The van der Waals surface area contributed by atoms with Crippen molar-refractivity contribution in [2.45, 2.75) is 52.5 Å². The van der Waals surface area contributed by atoms with Gasteiger partial charge >= 0.3 is 0 Å². The van der Waals surface area contributed by atoms with Crippen molar-refractivity contribution in [1.82, 2.24) is 10.2 Å². The highest BCUT2D eigenvalue weighted by atomic mass is 16.2. The van der Waals surface area contributed by atoms with Crippen molar-refractivity contribution in [3.05, 3.63) is 0 Å². The van der Waals surface area contributed by atoms with Gasteiger partial charge in [-0.25, -0.2) is 0 Å². The molecule has 1 aliphatic heterocycles. The van der Waals surface area contributed by atoms with Crippen LogP contribution in [0.15, 0.2) is 0 Å². The van der Waals surface area contributed by atoms with Crippen molar-refractivity contribution in [2.24, 2.45) is 17.6 Å². The van der Waals surface area contributed by atoms with Crippen LogP contribution >= 0.6 is 0 Å². The van der Waals surface area contributed by atoms with E-state index < -0.39 is 0 Å². The molecule has 2 amide bonds. The minimum absolute atomic E-state index is 0.0519. The molecule has 1 rings (SSSR count). The number of piperidine rings is 1. The summed E-state index contributed by atoms with van der Waals surface area (Å²) in [5, 5.41) is 3.07. The van der Waals surface area contributed by atoms with E-state index in [-0.39, 0.29) is 29.7 Å². The van der Waals surface area contributed by atoms with Crippen molar-refractivity contribution in [3.8, 4) is 0 Å². The summed E-state index contributed by atoms with van der Waals surface area (Å²) in [5.41, 5.74) is 5.62. The van der Waals surface area contributed by atoms with Crippen LogP contribution < -0.4 is 11.1 Å². The zero-order valence-electron chi connectivity index (χ0n) is 13.0. The Morgan fingerprint density at radius 3 is 2.35 bits per heavy atom. The van der Waals surface area contributed by atoms with Crippen LogP contribution in [0.3, 0.4) is 0 Å². The topological polar surface area (TPSA) is 75.4 Å². The molecule has 0 aromatic heterocycles. The molecule has 0 bridgehead atoms. The van der Waals surface area contributed by atoms with Gasteiger partial charge in [0.2, 0.25) is 11.8 Å². The lowest BCUT2D eigenvalue weighted by molar-refractivity contribution is -0.135. The quantitative estimate of drug-likeness (QED) is 0.767. The molecule has 1 unspecified atom stereocenters. The lowest BCUT2D eigenvalue weighted by Crippen LogP contribution is -2.47. The molecule has 0 aromatic rings. The van der Waals surface area contributed by atoms with Gasteiger partial charge in [0.05, 0.1) is 0 Å². The second-order valence-electron chi connectivity index (χ2n) is 6.04. The number of likely N-dealkylation sites (tertiary alicyclic amines) is 1. The van der Waals surface area contributed by atoms with Crippen molar-refractivity contribution in [1.29, 1.82) is 0 Å². The number of amides is 2. The zero-order valence-corrected chi connectivity index (χ0v) is 13.0. The fourth-order valence-corrected chi connectivity index (χ4v) is 2.55. The van der Waals surface area contributed by atoms with E-state index in [0.29, 0.717) is 13.0 Å². The normalized spacial score (nSPS) is 18.1. The number of nitrogens with two attached hydrogens (primary N) is 1. The number of carbonyl (C=O) groups is 2. The SMILES string of the molecule is CCC(CN)CC(=O)NC1CCN(C(=O)C(C)C)CC1. The van der Waals surface area contributed by atoms with Gasteiger partial charge in [0.25, 0.3) is 0 Å². The van der Waals surface area contributed by atoms with E-state index in [4.69, 9.17) is 5.73 Å². The summed E-state index contributed by atoms with van der Waals surface area (Å²) in [6, 6.07) is 0.203. The summed E-state index contributed by atoms with van der Waals surface area (Å²) < 4.78 is 0. The Morgan fingerprint density at radius 2 is 1.90 bits per heavy atom. The average molecular weight is 283 g/mol. The highest BCUT2D eigenvalue weighted by Crippen LogP contribution is 2.14. The first-order chi connectivity index (χ1) is 9.47. The van der Waals surface area contributed by atoms with E-state index in [0.717, 1.165) is 32.4 Å². The fourth-order valence-electron chi connectivity index (χ4n) is 2.55. The number of hydrogen-bond donors (Lipinski definition) is 2. The van der Waals surface area contributed by atoms with Gasteiger partial charge in [-0.2, -0.15) is 0 Å². The highest BCUT2D eigenvalue weighted by Gasteiger charge is 2.25. The predicted octanol–water partition coefficient (Wildman–Crippen LogP) is 1.12. The van der Waals surface area contributed by atoms with Gasteiger partial charge in [-0.3, -0.25) is 9.59 Å². The van der Waals surface area contributed by atoms with Gasteiger partial charge in [0.15, 0.2) is 0 Å². The van der Waals surface area contributed by atoms with Crippen LogP contribution in [0, 0.1) is 11.8 Å². The largest absolute Gasteiger partial charge is 0.353 e. The molecular formula is C15H29N3O2. The summed E-state index contributed by atoms with van der Waals surface area (Å²) in [5.74, 6) is 0.633. The minimum atomic E-state index is 0.0519. The first-order valence-corrected chi connectivity index (χ1v) is 7.76. The van der Waals surface area contributed by atoms with E-state index >= 15 is 0 Å². The Morgan fingerprint density at radius 1 is 1.30 bits per heavy atom. The molecule has 1 aliphatic rings. The summed E-state index contributed by atoms with van der Waals surface area (Å²) in [4.78, 5) is 25.7. The van der Waals surface area contributed by atoms with Crippen LogP contribution in [-0.4, -0.2) is 42.4 Å². The smallest absolute Gasteiger partial charge is 0.225 e. The van der Waals surface area contributed by atoms with Gasteiger partial charge in [-0.1, -0.05) is 27.2 Å². The molecule has 0 spiro atoms. The lowest BCUT2D eigenvalue weighted by Gasteiger charge is -2.33. The van der Waals surface area contributed by atoms with Crippen molar-refractivity contribution in [3.63, 3.8) is 0 Å². The third kappa shape index (κ3) is 5.12. The van der Waals surface area contributed by atoms with E-state index in [1.54, 1.807) is 0 Å². The molecule has 20 heavy (non-hydrogen) atoms. The minimum Gasteiger partial charge on any atom is -0.353 e. The maximum Gasteiger partial charge on any atom is 0.225 e. The molecule has 0 saturated carbocycles. The summed E-state index contributed by atoms with van der Waals surface area (Å²) >= 11 is 0. The number of rotatable bonds is 6. The molecule has 5 heteroatoms. The van der Waals surface area contributed by atoms with E-state index in [1.807, 2.05) is 18.7 Å². The standard InChI is InChI=1S/C15H29N3O2/c1-4-12(10-16)9-14(19)17-13-5-7-18(8-6-13)15(20)11(2)3/h11-13H,4-10,16H2,1-3H3,(H,17,19). The van der Waals surface area contributed by atoms with Crippen molar-refractivity contribution in [2.75, 3.05) is 19.6 Å². The predicted molar refractivity (Wildman–Crippen MR) is 80.0 cm³/mol. The fraction of sp³-hybridized carbons (Fsp3) is 0.867. The second-order valence-corrected chi connectivity index (χ2v) is 6.04. The van der Waals surface area contributed by atoms with Gasteiger partial charge in [-0.05, 0) is 25.3 Å². The van der Waals surface area contributed by atoms with Gasteiger partial charge in [0, 0.05) is 31.5 Å². The van der Waals surface area contributed by atoms with E-state index in [2.05, 4.69) is 12.2 Å². The molecule has 3 N–H and O–H groups in total. The number of nitrogens with one attached hydrogen (secondary N) is 1. The Bertz CT molecular complexity index is 319. The van der Waals surface area contributed by atoms with Gasteiger partial charge in [0.1, 0.15) is 0 Å². The molecule has 1 fully saturated rings. The van der Waals surface area contributed by atoms with Crippen LogP contribution in [0.2, 0.25) is 0 Å². The van der Waals surface area contributed by atoms with Crippen LogP contribution in [0.25, 0.3) is 0 Å². The lowest BCUT2D eigenvalue weighted by atomic mass is 10.00. The molecule has 1 heterocycles. The molecule has 116 valence electrons. The van der Waals surface area contributed by atoms with Crippen molar-refractivity contribution < 1.29 is 9.59 Å². The van der Waals surface area contributed by atoms with Gasteiger partial charge < -0.3 is 16.0 Å². The molecular weight excluding hydrogens is 254 g/mol. The molecule has 1 atom stereocenters. The Kier molecular flexibility index (Phi) is 6.99. The summed E-state index contributed by atoms with van der Waals surface area (Å²) in [6.45, 7) is 7.96. The first kappa shape index (κ1) is 17.0. The molecule has 0 aliphatic carbocycles. The van der Waals surface area contributed by atoms with Crippen LogP contribution in [0.4, 0.5) is 0 Å². The monoisotopic (exact) mass is 283 g/mol. The van der Waals surface area contributed by atoms with Crippen LogP contribution in [0.1, 0.15) is 46.5 Å².